The van der Waals surface area contributed by atoms with Crippen LogP contribution in [0, 0.1) is 5.41 Å². The quantitative estimate of drug-likeness (QED) is 0.755. The van der Waals surface area contributed by atoms with Gasteiger partial charge in [0.1, 0.15) is 5.82 Å². The molecule has 0 aliphatic rings. The van der Waals surface area contributed by atoms with Crippen LogP contribution in [0.2, 0.25) is 0 Å². The van der Waals surface area contributed by atoms with Gasteiger partial charge < -0.3 is 9.30 Å². The van der Waals surface area contributed by atoms with Gasteiger partial charge >= 0.3 is 5.97 Å². The van der Waals surface area contributed by atoms with Crippen molar-refractivity contribution in [1.82, 2.24) is 9.55 Å². The summed E-state index contributed by atoms with van der Waals surface area (Å²) in [5.41, 5.74) is 1.10. The smallest absolute Gasteiger partial charge is 0.311 e. The summed E-state index contributed by atoms with van der Waals surface area (Å²) in [7, 11) is 1.95. The molecule has 0 fully saturated rings. The largest absolute Gasteiger partial charge is 0.466 e. The number of rotatable bonds is 4. The zero-order valence-corrected chi connectivity index (χ0v) is 11.4. The number of hydrogen-bond acceptors (Lipinski definition) is 3. The van der Waals surface area contributed by atoms with Crippen LogP contribution in [0.15, 0.2) is 6.20 Å². The van der Waals surface area contributed by atoms with Gasteiger partial charge in [-0.25, -0.2) is 4.98 Å². The van der Waals surface area contributed by atoms with Crippen LogP contribution >= 0.6 is 0 Å². The normalized spacial score (nSPS) is 11.6. The Labute approximate surface area is 103 Å². The molecule has 1 heterocycles. The summed E-state index contributed by atoms with van der Waals surface area (Å²) in [6, 6.07) is 0. The predicted molar refractivity (Wildman–Crippen MR) is 66.7 cm³/mol. The van der Waals surface area contributed by atoms with Crippen molar-refractivity contribution in [3.8, 4) is 0 Å². The molecule has 0 radical (unpaired) electrons. The lowest BCUT2D eigenvalue weighted by atomic mass is 9.92. The van der Waals surface area contributed by atoms with Crippen LogP contribution < -0.4 is 0 Å². The van der Waals surface area contributed by atoms with E-state index in [1.807, 2.05) is 18.5 Å². The van der Waals surface area contributed by atoms with E-state index in [1.54, 1.807) is 6.20 Å². The second-order valence-corrected chi connectivity index (χ2v) is 5.44. The molecule has 0 spiro atoms. The summed E-state index contributed by atoms with van der Waals surface area (Å²) in [5.74, 6) is 0.814. The first-order valence-electron chi connectivity index (χ1n) is 5.98. The van der Waals surface area contributed by atoms with E-state index in [0.29, 0.717) is 13.0 Å². The van der Waals surface area contributed by atoms with Gasteiger partial charge in [-0.15, -0.1) is 0 Å². The Hall–Kier alpha value is -1.32. The molecule has 0 amide bonds. The second kappa shape index (κ2) is 5.34. The van der Waals surface area contributed by atoms with Gasteiger partial charge in [0.2, 0.25) is 0 Å². The van der Waals surface area contributed by atoms with Crippen molar-refractivity contribution in [1.29, 1.82) is 0 Å². The van der Waals surface area contributed by atoms with Crippen LogP contribution in [0.5, 0.6) is 0 Å². The molecule has 96 valence electrons. The number of carbonyl (C=O) groups excluding carboxylic acids is 1. The van der Waals surface area contributed by atoms with Crippen molar-refractivity contribution < 1.29 is 9.53 Å². The molecule has 0 unspecified atom stereocenters. The average Bonchev–Trinajstić information content (AvgIpc) is 2.48. The van der Waals surface area contributed by atoms with Crippen LogP contribution in [-0.4, -0.2) is 22.1 Å². The number of imidazole rings is 1. The van der Waals surface area contributed by atoms with Gasteiger partial charge in [0.15, 0.2) is 0 Å². The van der Waals surface area contributed by atoms with E-state index < -0.39 is 0 Å². The fourth-order valence-corrected chi connectivity index (χ4v) is 1.65. The first-order valence-corrected chi connectivity index (χ1v) is 5.98. The molecule has 0 atom stereocenters. The number of aromatic nitrogens is 2. The van der Waals surface area contributed by atoms with E-state index in [1.165, 1.54) is 0 Å². The fraction of sp³-hybridized carbons (Fsp3) is 0.692. The lowest BCUT2D eigenvalue weighted by molar-refractivity contribution is -0.142. The van der Waals surface area contributed by atoms with Crippen molar-refractivity contribution in [2.24, 2.45) is 12.5 Å². The minimum Gasteiger partial charge on any atom is -0.466 e. The minimum atomic E-state index is -0.196. The van der Waals surface area contributed by atoms with E-state index in [9.17, 15) is 4.79 Å². The third-order valence-electron chi connectivity index (χ3n) is 2.50. The molecule has 4 nitrogen and oxygen atoms in total. The van der Waals surface area contributed by atoms with E-state index in [-0.39, 0.29) is 11.4 Å². The van der Waals surface area contributed by atoms with E-state index in [4.69, 9.17) is 4.74 Å². The van der Waals surface area contributed by atoms with Gasteiger partial charge in [-0.05, 0) is 12.3 Å². The molecule has 1 aromatic rings. The Morgan fingerprint density at radius 3 is 2.65 bits per heavy atom. The summed E-state index contributed by atoms with van der Waals surface area (Å²) < 4.78 is 6.92. The predicted octanol–water partition coefficient (Wildman–Crippen LogP) is 2.11. The van der Waals surface area contributed by atoms with Crippen molar-refractivity contribution in [2.75, 3.05) is 6.61 Å². The summed E-state index contributed by atoms with van der Waals surface area (Å²) in [5, 5.41) is 0. The molecular weight excluding hydrogens is 216 g/mol. The molecule has 0 aromatic carbocycles. The average molecular weight is 238 g/mol. The van der Waals surface area contributed by atoms with Crippen LogP contribution in [0.25, 0.3) is 0 Å². The van der Waals surface area contributed by atoms with Gasteiger partial charge in [-0.3, -0.25) is 4.79 Å². The molecule has 0 saturated carbocycles. The van der Waals surface area contributed by atoms with E-state index in [0.717, 1.165) is 17.9 Å². The van der Waals surface area contributed by atoms with Gasteiger partial charge in [0, 0.05) is 25.4 Å². The molecule has 17 heavy (non-hydrogen) atoms. The maximum absolute atomic E-state index is 11.4. The van der Waals surface area contributed by atoms with Crippen LogP contribution in [0.4, 0.5) is 0 Å². The second-order valence-electron chi connectivity index (χ2n) is 5.44. The highest BCUT2D eigenvalue weighted by molar-refractivity contribution is 5.71. The summed E-state index contributed by atoms with van der Waals surface area (Å²) in [6.45, 7) is 8.75. The van der Waals surface area contributed by atoms with Crippen LogP contribution in [0.1, 0.15) is 39.2 Å². The summed E-state index contributed by atoms with van der Waals surface area (Å²) in [6.07, 6.45) is 2.95. The zero-order valence-electron chi connectivity index (χ0n) is 11.4. The highest BCUT2D eigenvalue weighted by atomic mass is 16.5. The van der Waals surface area contributed by atoms with Crippen molar-refractivity contribution >= 4 is 5.97 Å². The fourth-order valence-electron chi connectivity index (χ4n) is 1.65. The highest BCUT2D eigenvalue weighted by Crippen LogP contribution is 2.20. The maximum Gasteiger partial charge on any atom is 0.311 e. The first-order chi connectivity index (χ1) is 7.83. The van der Waals surface area contributed by atoms with E-state index >= 15 is 0 Å². The summed E-state index contributed by atoms with van der Waals surface area (Å²) in [4.78, 5) is 15.8. The zero-order chi connectivity index (χ0) is 13.1. The molecule has 0 aliphatic heterocycles. The molecular formula is C13H22N2O2. The minimum absolute atomic E-state index is 0.195. The first kappa shape index (κ1) is 13.7. The monoisotopic (exact) mass is 238 g/mol. The Balaban J connectivity index is 2.74. The Morgan fingerprint density at radius 1 is 1.47 bits per heavy atom. The number of carbonyl (C=O) groups is 1. The highest BCUT2D eigenvalue weighted by Gasteiger charge is 2.17. The number of esters is 1. The van der Waals surface area contributed by atoms with Crippen molar-refractivity contribution in [3.63, 3.8) is 0 Å². The standard InChI is InChI=1S/C13H22N2O2/c1-6-17-12(16)7-10-9-14-11(15(10)5)8-13(2,3)4/h9H,6-8H2,1-5H3. The Kier molecular flexibility index (Phi) is 4.32. The molecule has 1 aromatic heterocycles. The van der Waals surface area contributed by atoms with Gasteiger partial charge in [-0.2, -0.15) is 0 Å². The molecule has 0 saturated heterocycles. The third kappa shape index (κ3) is 4.21. The lowest BCUT2D eigenvalue weighted by Crippen LogP contribution is -2.15. The van der Waals surface area contributed by atoms with Gasteiger partial charge in [0.05, 0.1) is 13.0 Å². The third-order valence-corrected chi connectivity index (χ3v) is 2.50. The molecule has 4 heteroatoms. The molecule has 0 N–H and O–H groups in total. The Morgan fingerprint density at radius 2 is 2.12 bits per heavy atom. The number of ether oxygens (including phenoxy) is 1. The molecule has 0 bridgehead atoms. The Bertz CT molecular complexity index is 389. The van der Waals surface area contributed by atoms with Crippen molar-refractivity contribution in [3.05, 3.63) is 17.7 Å². The van der Waals surface area contributed by atoms with Gasteiger partial charge in [0.25, 0.3) is 0 Å². The molecule has 0 aliphatic carbocycles. The number of hydrogen-bond donors (Lipinski definition) is 0. The lowest BCUT2D eigenvalue weighted by Gasteiger charge is -2.17. The van der Waals surface area contributed by atoms with Crippen LogP contribution in [-0.2, 0) is 29.4 Å². The number of nitrogens with zero attached hydrogens (tertiary/aromatic N) is 2. The molecule has 1 rings (SSSR count). The summed E-state index contributed by atoms with van der Waals surface area (Å²) >= 11 is 0. The van der Waals surface area contributed by atoms with Crippen molar-refractivity contribution in [2.45, 2.75) is 40.5 Å². The maximum atomic E-state index is 11.4. The van der Waals surface area contributed by atoms with Gasteiger partial charge in [-0.1, -0.05) is 20.8 Å². The topological polar surface area (TPSA) is 44.1 Å². The SMILES string of the molecule is CCOC(=O)Cc1cnc(CC(C)(C)C)n1C. The van der Waals surface area contributed by atoms with E-state index in [2.05, 4.69) is 25.8 Å². The van der Waals surface area contributed by atoms with Crippen LogP contribution in [0.3, 0.4) is 0 Å².